The maximum atomic E-state index is 13.1. The molecule has 1 aromatic heterocycles. The molecule has 0 aliphatic heterocycles. The first-order chi connectivity index (χ1) is 11.3. The molecule has 0 bridgehead atoms. The zero-order chi connectivity index (χ0) is 18.1. The Balaban J connectivity index is 2.21. The van der Waals surface area contributed by atoms with Crippen molar-refractivity contribution in [2.24, 2.45) is 5.92 Å². The number of esters is 1. The average Bonchev–Trinajstić information content (AvgIpc) is 2.52. The number of H-pyrrole nitrogens is 1. The van der Waals surface area contributed by atoms with E-state index in [2.05, 4.69) is 0 Å². The van der Waals surface area contributed by atoms with Crippen LogP contribution in [0.4, 0.5) is 4.39 Å². The standard InChI is InChI=1S/C16H23FN2O5/c1-11(2)15(22)24-9-7-5-3-4-6-8-13(20)19-10-12(17)14(21)18-16(19)23/h10-11H,3-9H2,1-2H3,(H,18,21,23). The molecule has 1 aromatic rings. The number of aromatic nitrogens is 2. The van der Waals surface area contributed by atoms with Gasteiger partial charge in [-0.05, 0) is 12.8 Å². The van der Waals surface area contributed by atoms with E-state index in [1.165, 1.54) is 0 Å². The van der Waals surface area contributed by atoms with Gasteiger partial charge >= 0.3 is 11.7 Å². The monoisotopic (exact) mass is 342 g/mol. The summed E-state index contributed by atoms with van der Waals surface area (Å²) in [6.07, 6.45) is 4.52. The minimum Gasteiger partial charge on any atom is -0.465 e. The fourth-order valence-corrected chi connectivity index (χ4v) is 2.00. The van der Waals surface area contributed by atoms with Gasteiger partial charge in [-0.2, -0.15) is 4.39 Å². The molecule has 0 radical (unpaired) electrons. The first kappa shape index (κ1) is 19.8. The molecule has 0 aliphatic rings. The van der Waals surface area contributed by atoms with Gasteiger partial charge in [0.25, 0.3) is 5.56 Å². The highest BCUT2D eigenvalue weighted by molar-refractivity contribution is 5.78. The zero-order valence-corrected chi connectivity index (χ0v) is 14.0. The fraction of sp³-hybridized carbons (Fsp3) is 0.625. The van der Waals surface area contributed by atoms with Gasteiger partial charge < -0.3 is 4.74 Å². The van der Waals surface area contributed by atoms with E-state index in [-0.39, 0.29) is 18.3 Å². The molecule has 0 amide bonds. The third-order valence-corrected chi connectivity index (χ3v) is 3.42. The molecule has 0 aromatic carbocycles. The second kappa shape index (κ2) is 9.79. The summed E-state index contributed by atoms with van der Waals surface area (Å²) in [7, 11) is 0. The van der Waals surface area contributed by atoms with Crippen molar-refractivity contribution in [3.63, 3.8) is 0 Å². The van der Waals surface area contributed by atoms with Crippen LogP contribution in [0.1, 0.15) is 57.2 Å². The first-order valence-corrected chi connectivity index (χ1v) is 8.04. The quantitative estimate of drug-likeness (QED) is 0.545. The molecule has 1 N–H and O–H groups in total. The molecule has 8 heteroatoms. The van der Waals surface area contributed by atoms with Gasteiger partial charge in [-0.3, -0.25) is 19.4 Å². The van der Waals surface area contributed by atoms with Crippen LogP contribution in [0.5, 0.6) is 0 Å². The molecule has 1 heterocycles. The Morgan fingerprint density at radius 3 is 2.46 bits per heavy atom. The average molecular weight is 342 g/mol. The third-order valence-electron chi connectivity index (χ3n) is 3.42. The Labute approximate surface area is 138 Å². The Morgan fingerprint density at radius 2 is 1.79 bits per heavy atom. The highest BCUT2D eigenvalue weighted by Gasteiger charge is 2.11. The van der Waals surface area contributed by atoms with Crippen LogP contribution < -0.4 is 11.2 Å². The van der Waals surface area contributed by atoms with Crippen LogP contribution in [0, 0.1) is 11.7 Å². The van der Waals surface area contributed by atoms with Crippen LogP contribution >= 0.6 is 0 Å². The van der Waals surface area contributed by atoms with E-state index >= 15 is 0 Å². The highest BCUT2D eigenvalue weighted by atomic mass is 19.1. The number of halogens is 1. The topological polar surface area (TPSA) is 98.2 Å². The lowest BCUT2D eigenvalue weighted by Gasteiger charge is -2.07. The number of rotatable bonds is 9. The molecule has 0 unspecified atom stereocenters. The van der Waals surface area contributed by atoms with Crippen molar-refractivity contribution in [3.05, 3.63) is 32.9 Å². The number of carbonyl (C=O) groups is 2. The number of nitrogens with one attached hydrogen (secondary N) is 1. The lowest BCUT2D eigenvalue weighted by Crippen LogP contribution is -2.34. The van der Waals surface area contributed by atoms with Gasteiger partial charge in [0.2, 0.25) is 11.7 Å². The third kappa shape index (κ3) is 6.47. The first-order valence-electron chi connectivity index (χ1n) is 8.04. The number of ether oxygens (including phenoxy) is 1. The number of carbonyl (C=O) groups excluding carboxylic acids is 2. The van der Waals surface area contributed by atoms with Crippen molar-refractivity contribution in [3.8, 4) is 0 Å². The van der Waals surface area contributed by atoms with Crippen LogP contribution in [-0.4, -0.2) is 28.0 Å². The number of hydrogen-bond acceptors (Lipinski definition) is 5. The van der Waals surface area contributed by atoms with E-state index in [4.69, 9.17) is 4.74 Å². The van der Waals surface area contributed by atoms with Crippen LogP contribution in [-0.2, 0) is 9.53 Å². The van der Waals surface area contributed by atoms with Crippen molar-refractivity contribution in [2.75, 3.05) is 6.61 Å². The Bertz CT molecular complexity index is 678. The summed E-state index contributed by atoms with van der Waals surface area (Å²) in [5.74, 6) is -2.06. The molecule has 0 atom stereocenters. The molecule has 134 valence electrons. The highest BCUT2D eigenvalue weighted by Crippen LogP contribution is 2.07. The number of unbranched alkanes of at least 4 members (excludes halogenated alkanes) is 4. The van der Waals surface area contributed by atoms with Crippen LogP contribution in [0.15, 0.2) is 15.8 Å². The molecule has 24 heavy (non-hydrogen) atoms. The van der Waals surface area contributed by atoms with E-state index in [1.807, 2.05) is 0 Å². The molecule has 0 spiro atoms. The van der Waals surface area contributed by atoms with E-state index in [1.54, 1.807) is 18.8 Å². The molecule has 7 nitrogen and oxygen atoms in total. The van der Waals surface area contributed by atoms with E-state index in [9.17, 15) is 23.6 Å². The number of nitrogens with zero attached hydrogens (tertiary/aromatic N) is 1. The van der Waals surface area contributed by atoms with Crippen molar-refractivity contribution < 1.29 is 18.7 Å². The maximum absolute atomic E-state index is 13.1. The molecular weight excluding hydrogens is 319 g/mol. The summed E-state index contributed by atoms with van der Waals surface area (Å²) in [6.45, 7) is 3.94. The summed E-state index contributed by atoms with van der Waals surface area (Å²) >= 11 is 0. The van der Waals surface area contributed by atoms with Gasteiger partial charge in [0.15, 0.2) is 0 Å². The largest absolute Gasteiger partial charge is 0.465 e. The van der Waals surface area contributed by atoms with Gasteiger partial charge in [-0.15, -0.1) is 0 Å². The molecule has 1 rings (SSSR count). The van der Waals surface area contributed by atoms with E-state index in [0.29, 0.717) is 23.8 Å². The van der Waals surface area contributed by atoms with E-state index < -0.39 is 23.0 Å². The van der Waals surface area contributed by atoms with Crippen LogP contribution in [0.3, 0.4) is 0 Å². The SMILES string of the molecule is CC(C)C(=O)OCCCCCCCC(=O)n1cc(F)c(=O)[nH]c1=O. The predicted molar refractivity (Wildman–Crippen MR) is 85.4 cm³/mol. The maximum Gasteiger partial charge on any atom is 0.335 e. The molecule has 0 saturated heterocycles. The number of aromatic amines is 1. The Hall–Kier alpha value is -2.25. The van der Waals surface area contributed by atoms with Gasteiger partial charge in [0, 0.05) is 6.42 Å². The summed E-state index contributed by atoms with van der Waals surface area (Å²) in [6, 6.07) is 0. The number of hydrogen-bond donors (Lipinski definition) is 1. The lowest BCUT2D eigenvalue weighted by molar-refractivity contribution is -0.147. The normalized spacial score (nSPS) is 10.8. The van der Waals surface area contributed by atoms with E-state index in [0.717, 1.165) is 25.7 Å². The minimum absolute atomic E-state index is 0.0910. The molecule has 0 saturated carbocycles. The van der Waals surface area contributed by atoms with Gasteiger partial charge in [-0.1, -0.05) is 33.1 Å². The summed E-state index contributed by atoms with van der Waals surface area (Å²) in [5, 5.41) is 0. The Kier molecular flexibility index (Phi) is 8.08. The summed E-state index contributed by atoms with van der Waals surface area (Å²) in [4.78, 5) is 47.1. The smallest absolute Gasteiger partial charge is 0.335 e. The second-order valence-corrected chi connectivity index (χ2v) is 5.84. The van der Waals surface area contributed by atoms with Crippen LogP contribution in [0.25, 0.3) is 0 Å². The van der Waals surface area contributed by atoms with Gasteiger partial charge in [0.1, 0.15) is 0 Å². The zero-order valence-electron chi connectivity index (χ0n) is 14.0. The predicted octanol–water partition coefficient (Wildman–Crippen LogP) is 1.86. The fourth-order valence-electron chi connectivity index (χ4n) is 2.00. The van der Waals surface area contributed by atoms with Crippen molar-refractivity contribution in [1.82, 2.24) is 9.55 Å². The van der Waals surface area contributed by atoms with Gasteiger partial charge in [0.05, 0.1) is 18.7 Å². The van der Waals surface area contributed by atoms with Crippen molar-refractivity contribution in [2.45, 2.75) is 52.4 Å². The van der Waals surface area contributed by atoms with Crippen molar-refractivity contribution >= 4 is 11.9 Å². The summed E-state index contributed by atoms with van der Waals surface area (Å²) < 4.78 is 18.7. The Morgan fingerprint density at radius 1 is 1.17 bits per heavy atom. The van der Waals surface area contributed by atoms with Crippen molar-refractivity contribution in [1.29, 1.82) is 0 Å². The minimum atomic E-state index is -1.17. The van der Waals surface area contributed by atoms with Gasteiger partial charge in [-0.25, -0.2) is 9.36 Å². The lowest BCUT2D eigenvalue weighted by atomic mass is 10.1. The molecule has 0 fully saturated rings. The van der Waals surface area contributed by atoms with Crippen LogP contribution in [0.2, 0.25) is 0 Å². The second-order valence-electron chi connectivity index (χ2n) is 5.84. The summed E-state index contributed by atoms with van der Waals surface area (Å²) in [5.41, 5.74) is -2.07. The molecule has 0 aliphatic carbocycles. The molecular formula is C16H23FN2O5.